The van der Waals surface area contributed by atoms with Crippen molar-refractivity contribution in [1.82, 2.24) is 14.1 Å². The first-order valence-electron chi connectivity index (χ1n) is 10.1. The maximum absolute atomic E-state index is 12.8. The van der Waals surface area contributed by atoms with E-state index in [1.54, 1.807) is 47.9 Å². The normalized spacial score (nSPS) is 14.8. The van der Waals surface area contributed by atoms with Crippen LogP contribution in [0.15, 0.2) is 59.5 Å². The Hall–Kier alpha value is -2.71. The van der Waals surface area contributed by atoms with Gasteiger partial charge in [-0.25, -0.2) is 8.42 Å². The number of amides is 2. The molecule has 1 fully saturated rings. The Bertz CT molecular complexity index is 979. The predicted octanol–water partition coefficient (Wildman–Crippen LogP) is 2.32. The van der Waals surface area contributed by atoms with Crippen LogP contribution in [0.3, 0.4) is 0 Å². The largest absolute Gasteiger partial charge is 0.335 e. The average molecular weight is 430 g/mol. The Kier molecular flexibility index (Phi) is 6.89. The summed E-state index contributed by atoms with van der Waals surface area (Å²) in [6.07, 6.45) is 0. The molecule has 0 bridgehead atoms. The Morgan fingerprint density at radius 2 is 1.20 bits per heavy atom. The predicted molar refractivity (Wildman–Crippen MR) is 115 cm³/mol. The van der Waals surface area contributed by atoms with Gasteiger partial charge in [0.25, 0.3) is 11.8 Å². The Balaban J connectivity index is 1.63. The summed E-state index contributed by atoms with van der Waals surface area (Å²) in [5.74, 6) is -0.192. The third-order valence-electron chi connectivity index (χ3n) is 5.32. The van der Waals surface area contributed by atoms with Gasteiger partial charge in [0, 0.05) is 50.4 Å². The van der Waals surface area contributed by atoms with Crippen molar-refractivity contribution in [3.8, 4) is 0 Å². The fraction of sp³-hybridized carbons (Fsp3) is 0.364. The molecule has 2 aromatic rings. The molecule has 1 saturated heterocycles. The maximum Gasteiger partial charge on any atom is 0.253 e. The lowest BCUT2D eigenvalue weighted by Crippen LogP contribution is -2.50. The van der Waals surface area contributed by atoms with Crippen LogP contribution in [0.4, 0.5) is 0 Å². The summed E-state index contributed by atoms with van der Waals surface area (Å²) in [5.41, 5.74) is 1.08. The molecule has 2 aromatic carbocycles. The van der Waals surface area contributed by atoms with Gasteiger partial charge in [-0.1, -0.05) is 32.0 Å². The lowest BCUT2D eigenvalue weighted by atomic mass is 10.1. The standard InChI is InChI=1S/C22H27N3O4S/c1-3-25(4-2)30(28,29)20-12-10-19(11-13-20)22(27)24-16-14-23(15-17-24)21(26)18-8-6-5-7-9-18/h5-13H,3-4,14-17H2,1-2H3. The molecule has 0 aliphatic carbocycles. The third kappa shape index (κ3) is 4.55. The summed E-state index contributed by atoms with van der Waals surface area (Å²) in [5, 5.41) is 0. The van der Waals surface area contributed by atoms with Crippen LogP contribution in [0.5, 0.6) is 0 Å². The van der Waals surface area contributed by atoms with E-state index in [-0.39, 0.29) is 16.7 Å². The van der Waals surface area contributed by atoms with Crippen LogP contribution in [0.2, 0.25) is 0 Å². The van der Waals surface area contributed by atoms with E-state index >= 15 is 0 Å². The van der Waals surface area contributed by atoms with Gasteiger partial charge in [-0.3, -0.25) is 9.59 Å². The second kappa shape index (κ2) is 9.40. The van der Waals surface area contributed by atoms with Crippen molar-refractivity contribution in [3.05, 3.63) is 65.7 Å². The van der Waals surface area contributed by atoms with Gasteiger partial charge in [-0.2, -0.15) is 4.31 Å². The number of hydrogen-bond acceptors (Lipinski definition) is 4. The van der Waals surface area contributed by atoms with E-state index in [0.717, 1.165) is 0 Å². The molecule has 0 aromatic heterocycles. The number of benzene rings is 2. The molecule has 1 heterocycles. The summed E-state index contributed by atoms with van der Waals surface area (Å²) in [6.45, 7) is 6.19. The fourth-order valence-corrected chi connectivity index (χ4v) is 5.00. The monoisotopic (exact) mass is 429 g/mol. The molecule has 160 valence electrons. The first-order chi connectivity index (χ1) is 14.4. The lowest BCUT2D eigenvalue weighted by Gasteiger charge is -2.35. The highest BCUT2D eigenvalue weighted by molar-refractivity contribution is 7.89. The molecule has 0 spiro atoms. The van der Waals surface area contributed by atoms with E-state index in [1.165, 1.54) is 16.4 Å². The van der Waals surface area contributed by atoms with Gasteiger partial charge in [0.15, 0.2) is 0 Å². The van der Waals surface area contributed by atoms with Crippen molar-refractivity contribution >= 4 is 21.8 Å². The van der Waals surface area contributed by atoms with Gasteiger partial charge in [0.1, 0.15) is 0 Å². The minimum atomic E-state index is -3.55. The SMILES string of the molecule is CCN(CC)S(=O)(=O)c1ccc(C(=O)N2CCN(C(=O)c3ccccc3)CC2)cc1. The van der Waals surface area contributed by atoms with E-state index in [1.807, 2.05) is 18.2 Å². The molecule has 0 N–H and O–H groups in total. The number of carbonyl (C=O) groups excluding carboxylic acids is 2. The van der Waals surface area contributed by atoms with E-state index in [4.69, 9.17) is 0 Å². The molecule has 7 nitrogen and oxygen atoms in total. The van der Waals surface area contributed by atoms with Crippen LogP contribution < -0.4 is 0 Å². The van der Waals surface area contributed by atoms with Crippen molar-refractivity contribution in [1.29, 1.82) is 0 Å². The van der Waals surface area contributed by atoms with Gasteiger partial charge in [-0.05, 0) is 36.4 Å². The van der Waals surface area contributed by atoms with Gasteiger partial charge < -0.3 is 9.80 Å². The summed E-state index contributed by atoms with van der Waals surface area (Å²) in [6, 6.07) is 15.2. The van der Waals surface area contributed by atoms with Crippen LogP contribution in [-0.4, -0.2) is 73.6 Å². The van der Waals surface area contributed by atoms with Crippen LogP contribution >= 0.6 is 0 Å². The Morgan fingerprint density at radius 1 is 0.767 bits per heavy atom. The molecule has 0 radical (unpaired) electrons. The van der Waals surface area contributed by atoms with E-state index < -0.39 is 10.0 Å². The molecule has 1 aliphatic heterocycles. The molecule has 0 saturated carbocycles. The number of hydrogen-bond donors (Lipinski definition) is 0. The number of sulfonamides is 1. The number of nitrogens with zero attached hydrogens (tertiary/aromatic N) is 3. The van der Waals surface area contributed by atoms with Gasteiger partial charge >= 0.3 is 0 Å². The molecule has 1 aliphatic rings. The van der Waals surface area contributed by atoms with Crippen molar-refractivity contribution in [2.75, 3.05) is 39.3 Å². The van der Waals surface area contributed by atoms with E-state index in [2.05, 4.69) is 0 Å². The highest BCUT2D eigenvalue weighted by Gasteiger charge is 2.26. The second-order valence-electron chi connectivity index (χ2n) is 7.06. The fourth-order valence-electron chi connectivity index (χ4n) is 3.54. The van der Waals surface area contributed by atoms with Crippen LogP contribution in [-0.2, 0) is 10.0 Å². The van der Waals surface area contributed by atoms with Crippen molar-refractivity contribution in [3.63, 3.8) is 0 Å². The zero-order chi connectivity index (χ0) is 21.7. The minimum absolute atomic E-state index is 0.0336. The maximum atomic E-state index is 12.8. The quantitative estimate of drug-likeness (QED) is 0.706. The molecule has 3 rings (SSSR count). The highest BCUT2D eigenvalue weighted by Crippen LogP contribution is 2.18. The zero-order valence-electron chi connectivity index (χ0n) is 17.3. The lowest BCUT2D eigenvalue weighted by molar-refractivity contribution is 0.0535. The molecular formula is C22H27N3O4S. The number of piperazine rings is 1. The topological polar surface area (TPSA) is 78.0 Å². The van der Waals surface area contributed by atoms with E-state index in [0.29, 0.717) is 50.4 Å². The van der Waals surface area contributed by atoms with Gasteiger partial charge in [0.05, 0.1) is 4.90 Å². The average Bonchev–Trinajstić information content (AvgIpc) is 2.79. The molecular weight excluding hydrogens is 402 g/mol. The third-order valence-corrected chi connectivity index (χ3v) is 7.38. The number of rotatable bonds is 6. The molecule has 2 amide bonds. The van der Waals surface area contributed by atoms with Gasteiger partial charge in [-0.15, -0.1) is 0 Å². The molecule has 8 heteroatoms. The summed E-state index contributed by atoms with van der Waals surface area (Å²) in [4.78, 5) is 29.0. The van der Waals surface area contributed by atoms with Crippen molar-refractivity contribution in [2.45, 2.75) is 18.7 Å². The Labute approximate surface area is 177 Å². The summed E-state index contributed by atoms with van der Waals surface area (Å²) in [7, 11) is -3.55. The van der Waals surface area contributed by atoms with Crippen LogP contribution in [0.25, 0.3) is 0 Å². The highest BCUT2D eigenvalue weighted by atomic mass is 32.2. The first kappa shape index (κ1) is 22.0. The molecule has 30 heavy (non-hydrogen) atoms. The summed E-state index contributed by atoms with van der Waals surface area (Å²) >= 11 is 0. The molecule has 0 atom stereocenters. The second-order valence-corrected chi connectivity index (χ2v) is 9.00. The smallest absolute Gasteiger partial charge is 0.253 e. The Morgan fingerprint density at radius 3 is 1.63 bits per heavy atom. The number of carbonyl (C=O) groups is 2. The van der Waals surface area contributed by atoms with Crippen molar-refractivity contribution in [2.24, 2.45) is 0 Å². The first-order valence-corrected chi connectivity index (χ1v) is 11.6. The van der Waals surface area contributed by atoms with Crippen LogP contribution in [0, 0.1) is 0 Å². The van der Waals surface area contributed by atoms with Gasteiger partial charge in [0.2, 0.25) is 10.0 Å². The van der Waals surface area contributed by atoms with E-state index in [9.17, 15) is 18.0 Å². The van der Waals surface area contributed by atoms with Crippen molar-refractivity contribution < 1.29 is 18.0 Å². The van der Waals surface area contributed by atoms with Crippen LogP contribution in [0.1, 0.15) is 34.6 Å². The zero-order valence-corrected chi connectivity index (χ0v) is 18.1. The molecule has 0 unspecified atom stereocenters. The summed E-state index contributed by atoms with van der Waals surface area (Å²) < 4.78 is 26.6. The minimum Gasteiger partial charge on any atom is -0.335 e.